The second kappa shape index (κ2) is 10.7. The molecule has 0 atom stereocenters. The minimum Gasteiger partial charge on any atom is -0.478 e. The van der Waals surface area contributed by atoms with Crippen molar-refractivity contribution < 1.29 is 19.0 Å². The van der Waals surface area contributed by atoms with Gasteiger partial charge in [-0.2, -0.15) is 4.98 Å². The third-order valence-corrected chi connectivity index (χ3v) is 6.86. The molecule has 0 unspecified atom stereocenters. The van der Waals surface area contributed by atoms with Crippen LogP contribution >= 0.6 is 11.6 Å². The van der Waals surface area contributed by atoms with E-state index in [1.807, 2.05) is 0 Å². The zero-order valence-electron chi connectivity index (χ0n) is 19.5. The van der Waals surface area contributed by atoms with Crippen LogP contribution in [0.25, 0.3) is 11.1 Å². The Kier molecular flexibility index (Phi) is 7.26. The Morgan fingerprint density at radius 1 is 1.11 bits per heavy atom. The van der Waals surface area contributed by atoms with Crippen molar-refractivity contribution in [2.24, 2.45) is 0 Å². The number of nitrogens with one attached hydrogen (secondary N) is 1. The summed E-state index contributed by atoms with van der Waals surface area (Å²) < 4.78 is 19.1. The number of morpholine rings is 1. The number of carbonyl (C=O) groups is 1. The molecule has 0 radical (unpaired) electrons. The van der Waals surface area contributed by atoms with Crippen molar-refractivity contribution in [2.45, 2.75) is 18.9 Å². The molecule has 0 saturated carbocycles. The smallest absolute Gasteiger partial charge is 0.337 e. The fourth-order valence-electron chi connectivity index (χ4n) is 4.67. The lowest BCUT2D eigenvalue weighted by Gasteiger charge is -2.40. The quantitative estimate of drug-likeness (QED) is 0.505. The van der Waals surface area contributed by atoms with Gasteiger partial charge in [-0.05, 0) is 37.1 Å². The highest BCUT2D eigenvalue weighted by molar-refractivity contribution is 6.31. The number of rotatable bonds is 6. The maximum atomic E-state index is 13.6. The van der Waals surface area contributed by atoms with Crippen molar-refractivity contribution in [1.29, 1.82) is 0 Å². The van der Waals surface area contributed by atoms with Gasteiger partial charge < -0.3 is 20.1 Å². The Morgan fingerprint density at radius 2 is 1.89 bits per heavy atom. The van der Waals surface area contributed by atoms with Crippen LogP contribution in [0.4, 0.5) is 21.8 Å². The first-order chi connectivity index (χ1) is 17.5. The Bertz CT molecular complexity index is 1250. The molecule has 2 fully saturated rings. The topological polar surface area (TPSA) is 104 Å². The van der Waals surface area contributed by atoms with Crippen LogP contribution in [0, 0.1) is 5.82 Å². The molecule has 2 aliphatic heterocycles. The van der Waals surface area contributed by atoms with E-state index >= 15 is 0 Å². The van der Waals surface area contributed by atoms with E-state index in [0.717, 1.165) is 52.2 Å². The molecule has 2 aromatic heterocycles. The van der Waals surface area contributed by atoms with Crippen LogP contribution in [-0.4, -0.2) is 76.4 Å². The molecule has 188 valence electrons. The SMILES string of the molecule is O=C(O)c1cncc(-c2cnc(Nc3ccc(F)c(Cl)c3)nc2N2CCC(N3CCOCC3)CC2)c1. The lowest BCUT2D eigenvalue weighted by Crippen LogP contribution is -2.49. The molecule has 11 heteroatoms. The molecule has 4 heterocycles. The van der Waals surface area contributed by atoms with E-state index in [0.29, 0.717) is 34.6 Å². The molecule has 2 saturated heterocycles. The average molecular weight is 513 g/mol. The third-order valence-electron chi connectivity index (χ3n) is 6.57. The number of aromatic nitrogens is 3. The summed E-state index contributed by atoms with van der Waals surface area (Å²) in [6.45, 7) is 5.02. The third kappa shape index (κ3) is 5.40. The van der Waals surface area contributed by atoms with Gasteiger partial charge in [0.05, 0.1) is 23.8 Å². The number of hydrogen-bond donors (Lipinski definition) is 2. The van der Waals surface area contributed by atoms with E-state index < -0.39 is 11.8 Å². The van der Waals surface area contributed by atoms with Gasteiger partial charge in [0, 0.05) is 67.6 Å². The Balaban J connectivity index is 1.44. The number of carboxylic acid groups (broad SMARTS) is 1. The van der Waals surface area contributed by atoms with Gasteiger partial charge >= 0.3 is 5.97 Å². The summed E-state index contributed by atoms with van der Waals surface area (Å²) in [7, 11) is 0. The van der Waals surface area contributed by atoms with Gasteiger partial charge in [0.15, 0.2) is 0 Å². The van der Waals surface area contributed by atoms with Crippen LogP contribution in [0.15, 0.2) is 42.9 Å². The Hall–Kier alpha value is -3.34. The standard InChI is InChI=1S/C25H26ClFN6O3/c26-21-12-18(1-2-22(21)27)30-25-29-15-20(16-11-17(24(34)35)14-28-13-16)23(31-25)33-5-3-19(4-6-33)32-7-9-36-10-8-32/h1-2,11-15,19H,3-10H2,(H,34,35)(H,29,30,31). The van der Waals surface area contributed by atoms with E-state index in [-0.39, 0.29) is 10.6 Å². The molecule has 5 rings (SSSR count). The number of ether oxygens (including phenoxy) is 1. The van der Waals surface area contributed by atoms with E-state index in [2.05, 4.69) is 25.1 Å². The van der Waals surface area contributed by atoms with E-state index in [1.54, 1.807) is 24.5 Å². The van der Waals surface area contributed by atoms with Gasteiger partial charge in [-0.25, -0.2) is 14.2 Å². The van der Waals surface area contributed by atoms with Crippen LogP contribution in [0.5, 0.6) is 0 Å². The summed E-state index contributed by atoms with van der Waals surface area (Å²) in [5.74, 6) is -0.544. The molecule has 36 heavy (non-hydrogen) atoms. The Labute approximate surface area is 212 Å². The fourth-order valence-corrected chi connectivity index (χ4v) is 4.85. The van der Waals surface area contributed by atoms with Crippen molar-refractivity contribution in [3.8, 4) is 11.1 Å². The second-order valence-corrected chi connectivity index (χ2v) is 9.23. The number of carboxylic acids is 1. The molecule has 0 aliphatic carbocycles. The summed E-state index contributed by atoms with van der Waals surface area (Å²) in [4.78, 5) is 29.6. The number of nitrogens with zero attached hydrogens (tertiary/aromatic N) is 5. The summed E-state index contributed by atoms with van der Waals surface area (Å²) in [6.07, 6.45) is 6.54. The largest absolute Gasteiger partial charge is 0.478 e. The zero-order valence-corrected chi connectivity index (χ0v) is 20.3. The zero-order chi connectivity index (χ0) is 25.1. The van der Waals surface area contributed by atoms with Crippen molar-refractivity contribution in [2.75, 3.05) is 49.6 Å². The van der Waals surface area contributed by atoms with Crippen LogP contribution in [0.2, 0.25) is 5.02 Å². The Morgan fingerprint density at radius 3 is 2.61 bits per heavy atom. The first-order valence-electron chi connectivity index (χ1n) is 11.8. The maximum absolute atomic E-state index is 13.6. The molecular formula is C25H26ClFN6O3. The van der Waals surface area contributed by atoms with Crippen LogP contribution in [0.3, 0.4) is 0 Å². The second-order valence-electron chi connectivity index (χ2n) is 8.82. The van der Waals surface area contributed by atoms with Gasteiger partial charge in [-0.3, -0.25) is 9.88 Å². The van der Waals surface area contributed by atoms with Crippen molar-refractivity contribution >= 4 is 35.0 Å². The number of hydrogen-bond acceptors (Lipinski definition) is 8. The first-order valence-corrected chi connectivity index (χ1v) is 12.2. The summed E-state index contributed by atoms with van der Waals surface area (Å²) in [5, 5.41) is 12.5. The van der Waals surface area contributed by atoms with Crippen molar-refractivity contribution in [3.63, 3.8) is 0 Å². The predicted octanol–water partition coefficient (Wildman–Crippen LogP) is 4.07. The monoisotopic (exact) mass is 512 g/mol. The molecule has 2 aliphatic rings. The normalized spacial score (nSPS) is 17.2. The lowest BCUT2D eigenvalue weighted by molar-refractivity contribution is 0.0115. The van der Waals surface area contributed by atoms with Crippen LogP contribution in [-0.2, 0) is 4.74 Å². The van der Waals surface area contributed by atoms with E-state index in [4.69, 9.17) is 21.3 Å². The molecule has 2 N–H and O–H groups in total. The van der Waals surface area contributed by atoms with Gasteiger partial charge in [0.25, 0.3) is 0 Å². The first kappa shape index (κ1) is 24.4. The minimum atomic E-state index is -1.05. The van der Waals surface area contributed by atoms with Crippen molar-refractivity contribution in [1.82, 2.24) is 19.9 Å². The van der Waals surface area contributed by atoms with Crippen molar-refractivity contribution in [3.05, 3.63) is 59.3 Å². The molecule has 0 amide bonds. The molecular weight excluding hydrogens is 487 g/mol. The van der Waals surface area contributed by atoms with E-state index in [9.17, 15) is 14.3 Å². The molecule has 0 bridgehead atoms. The minimum absolute atomic E-state index is 0.00131. The number of halogens is 2. The lowest BCUT2D eigenvalue weighted by atomic mass is 10.0. The van der Waals surface area contributed by atoms with E-state index in [1.165, 1.54) is 18.3 Å². The maximum Gasteiger partial charge on any atom is 0.337 e. The average Bonchev–Trinajstić information content (AvgIpc) is 2.91. The van der Waals surface area contributed by atoms with Gasteiger partial charge in [-0.15, -0.1) is 0 Å². The highest BCUT2D eigenvalue weighted by Crippen LogP contribution is 2.33. The number of piperidine rings is 1. The number of aromatic carboxylic acids is 1. The van der Waals surface area contributed by atoms with Gasteiger partial charge in [0.2, 0.25) is 5.95 Å². The fraction of sp³-hybridized carbons (Fsp3) is 0.360. The summed E-state index contributed by atoms with van der Waals surface area (Å²) in [5.41, 5.74) is 1.96. The highest BCUT2D eigenvalue weighted by Gasteiger charge is 2.28. The molecule has 1 aromatic carbocycles. The highest BCUT2D eigenvalue weighted by atomic mass is 35.5. The number of pyridine rings is 1. The van der Waals surface area contributed by atoms with Crippen LogP contribution in [0.1, 0.15) is 23.2 Å². The van der Waals surface area contributed by atoms with Gasteiger partial charge in [0.1, 0.15) is 11.6 Å². The number of benzene rings is 1. The summed E-state index contributed by atoms with van der Waals surface area (Å²) in [6, 6.07) is 6.38. The molecule has 0 spiro atoms. The predicted molar refractivity (Wildman–Crippen MR) is 135 cm³/mol. The molecule has 9 nitrogen and oxygen atoms in total. The summed E-state index contributed by atoms with van der Waals surface area (Å²) >= 11 is 5.93. The molecule has 3 aromatic rings. The number of anilines is 3. The van der Waals surface area contributed by atoms with Crippen LogP contribution < -0.4 is 10.2 Å². The van der Waals surface area contributed by atoms with Gasteiger partial charge in [-0.1, -0.05) is 11.6 Å².